The predicted octanol–water partition coefficient (Wildman–Crippen LogP) is 3.41. The number of likely N-dealkylation sites (N-methyl/N-ethyl adjacent to an activating group) is 1. The summed E-state index contributed by atoms with van der Waals surface area (Å²) in [6, 6.07) is 4.37. The van der Waals surface area contributed by atoms with Crippen LogP contribution in [0.25, 0.3) is 11.0 Å². The molecule has 0 unspecified atom stereocenters. The molecule has 1 heterocycles. The van der Waals surface area contributed by atoms with E-state index in [4.69, 9.17) is 28.9 Å². The van der Waals surface area contributed by atoms with Crippen LogP contribution in [-0.2, 0) is 6.54 Å². The minimum absolute atomic E-state index is 0.511. The number of aromatic nitrogens is 2. The van der Waals surface area contributed by atoms with Gasteiger partial charge in [-0.3, -0.25) is 4.90 Å². The van der Waals surface area contributed by atoms with Crippen molar-refractivity contribution in [1.29, 1.82) is 0 Å². The summed E-state index contributed by atoms with van der Waals surface area (Å²) in [6.45, 7) is 5.08. The molecule has 2 aromatic rings. The topological polar surface area (TPSA) is 47.1 Å². The average Bonchev–Trinajstić information content (AvgIpc) is 3.19. The molecular weight excluding hydrogens is 295 g/mol. The summed E-state index contributed by atoms with van der Waals surface area (Å²) in [6.07, 6.45) is 2.63. The number of rotatable bonds is 5. The minimum atomic E-state index is 0.511. The summed E-state index contributed by atoms with van der Waals surface area (Å²) in [7, 11) is 0. The number of imidazole rings is 1. The van der Waals surface area contributed by atoms with Crippen LogP contribution in [-0.4, -0.2) is 33.6 Å². The molecule has 0 atom stereocenters. The normalized spacial score (nSPS) is 15.4. The Morgan fingerprint density at radius 2 is 2.05 bits per heavy atom. The molecule has 20 heavy (non-hydrogen) atoms. The van der Waals surface area contributed by atoms with Crippen molar-refractivity contribution >= 4 is 40.2 Å². The smallest absolute Gasteiger partial charge is 0.201 e. The molecule has 1 aliphatic rings. The lowest BCUT2D eigenvalue weighted by atomic mass is 10.3. The van der Waals surface area contributed by atoms with E-state index in [0.717, 1.165) is 36.7 Å². The second-order valence-corrected chi connectivity index (χ2v) is 6.05. The van der Waals surface area contributed by atoms with Crippen molar-refractivity contribution < 1.29 is 0 Å². The Hall–Kier alpha value is -0.970. The molecule has 4 nitrogen and oxygen atoms in total. The Kier molecular flexibility index (Phi) is 3.80. The van der Waals surface area contributed by atoms with E-state index < -0.39 is 0 Å². The summed E-state index contributed by atoms with van der Waals surface area (Å²) in [5, 5.41) is 1.05. The number of nitrogens with two attached hydrogens (primary N) is 1. The first kappa shape index (κ1) is 14.0. The molecule has 0 saturated heterocycles. The van der Waals surface area contributed by atoms with Gasteiger partial charge >= 0.3 is 0 Å². The van der Waals surface area contributed by atoms with Crippen molar-refractivity contribution in [2.75, 3.05) is 18.8 Å². The van der Waals surface area contributed by atoms with Crippen LogP contribution in [0, 0.1) is 0 Å². The first-order chi connectivity index (χ1) is 9.60. The number of halogens is 2. The molecule has 0 aliphatic heterocycles. The van der Waals surface area contributed by atoms with Crippen LogP contribution >= 0.6 is 23.2 Å². The molecular formula is C14H18Cl2N4. The highest BCUT2D eigenvalue weighted by Crippen LogP contribution is 2.30. The lowest BCUT2D eigenvalue weighted by Gasteiger charge is -2.20. The number of hydrogen-bond acceptors (Lipinski definition) is 3. The molecule has 1 saturated carbocycles. The van der Waals surface area contributed by atoms with Crippen LogP contribution in [0.1, 0.15) is 19.8 Å². The van der Waals surface area contributed by atoms with Gasteiger partial charge in [0.25, 0.3) is 0 Å². The van der Waals surface area contributed by atoms with E-state index in [-0.39, 0.29) is 0 Å². The van der Waals surface area contributed by atoms with Gasteiger partial charge in [0.15, 0.2) is 0 Å². The molecule has 2 N–H and O–H groups in total. The van der Waals surface area contributed by atoms with Gasteiger partial charge in [0.05, 0.1) is 21.1 Å². The van der Waals surface area contributed by atoms with Gasteiger partial charge in [-0.2, -0.15) is 0 Å². The zero-order valence-electron chi connectivity index (χ0n) is 11.4. The van der Waals surface area contributed by atoms with Crippen LogP contribution in [0.3, 0.4) is 0 Å². The number of fused-ring (bicyclic) bond motifs is 1. The minimum Gasteiger partial charge on any atom is -0.369 e. The molecule has 1 aromatic carbocycles. The third-order valence-electron chi connectivity index (χ3n) is 3.90. The van der Waals surface area contributed by atoms with Gasteiger partial charge < -0.3 is 10.3 Å². The van der Waals surface area contributed by atoms with E-state index in [1.54, 1.807) is 6.07 Å². The van der Waals surface area contributed by atoms with Crippen LogP contribution in [0.5, 0.6) is 0 Å². The van der Waals surface area contributed by atoms with Crippen molar-refractivity contribution in [2.24, 2.45) is 0 Å². The Bertz CT molecular complexity index is 634. The number of nitrogens with zero attached hydrogens (tertiary/aromatic N) is 3. The molecule has 3 rings (SSSR count). The fraction of sp³-hybridized carbons (Fsp3) is 0.500. The fourth-order valence-corrected chi connectivity index (χ4v) is 2.96. The monoisotopic (exact) mass is 312 g/mol. The van der Waals surface area contributed by atoms with E-state index in [0.29, 0.717) is 16.0 Å². The average molecular weight is 313 g/mol. The maximum atomic E-state index is 6.10. The Balaban J connectivity index is 1.86. The second-order valence-electron chi connectivity index (χ2n) is 5.24. The van der Waals surface area contributed by atoms with Crippen molar-refractivity contribution in [1.82, 2.24) is 14.5 Å². The second kappa shape index (κ2) is 5.43. The summed E-state index contributed by atoms with van der Waals surface area (Å²) < 4.78 is 2.02. The van der Waals surface area contributed by atoms with Gasteiger partial charge in [0.2, 0.25) is 5.95 Å². The van der Waals surface area contributed by atoms with Crippen molar-refractivity contribution in [3.05, 3.63) is 22.2 Å². The highest BCUT2D eigenvalue weighted by atomic mass is 35.5. The Morgan fingerprint density at radius 3 is 2.70 bits per heavy atom. The maximum Gasteiger partial charge on any atom is 0.201 e. The van der Waals surface area contributed by atoms with Gasteiger partial charge in [-0.1, -0.05) is 30.1 Å². The van der Waals surface area contributed by atoms with E-state index in [2.05, 4.69) is 16.8 Å². The first-order valence-corrected chi connectivity index (χ1v) is 7.70. The molecule has 0 bridgehead atoms. The summed E-state index contributed by atoms with van der Waals surface area (Å²) in [5.74, 6) is 0.519. The Labute approximate surface area is 128 Å². The highest BCUT2D eigenvalue weighted by molar-refractivity contribution is 6.42. The molecule has 1 aliphatic carbocycles. The lowest BCUT2D eigenvalue weighted by Crippen LogP contribution is -2.29. The van der Waals surface area contributed by atoms with E-state index in [1.165, 1.54) is 12.8 Å². The number of nitrogen functional groups attached to an aromatic ring is 1. The molecule has 0 amide bonds. The summed E-state index contributed by atoms with van der Waals surface area (Å²) >= 11 is 12.1. The van der Waals surface area contributed by atoms with Gasteiger partial charge in [-0.05, 0) is 31.5 Å². The third-order valence-corrected chi connectivity index (χ3v) is 4.62. The molecule has 1 fully saturated rings. The third kappa shape index (κ3) is 2.60. The van der Waals surface area contributed by atoms with Crippen LogP contribution in [0.4, 0.5) is 5.95 Å². The Morgan fingerprint density at radius 1 is 1.35 bits per heavy atom. The highest BCUT2D eigenvalue weighted by Gasteiger charge is 2.27. The largest absolute Gasteiger partial charge is 0.369 e. The molecule has 0 radical (unpaired) electrons. The molecule has 6 heteroatoms. The zero-order valence-corrected chi connectivity index (χ0v) is 13.0. The number of anilines is 1. The van der Waals surface area contributed by atoms with E-state index >= 15 is 0 Å². The first-order valence-electron chi connectivity index (χ1n) is 6.95. The molecule has 1 aromatic heterocycles. The maximum absolute atomic E-state index is 6.10. The van der Waals surface area contributed by atoms with Gasteiger partial charge in [0, 0.05) is 19.1 Å². The fourth-order valence-electron chi connectivity index (χ4n) is 2.64. The van der Waals surface area contributed by atoms with Crippen LogP contribution < -0.4 is 5.73 Å². The van der Waals surface area contributed by atoms with Crippen molar-refractivity contribution in [2.45, 2.75) is 32.4 Å². The SMILES string of the molecule is CCN(CCn1c(N)nc2cc(Cl)c(Cl)cc21)C1CC1. The van der Waals surface area contributed by atoms with Crippen molar-refractivity contribution in [3.63, 3.8) is 0 Å². The standard InChI is InChI=1S/C14H18Cl2N4/c1-2-19(9-3-4-9)5-6-20-13-8-11(16)10(15)7-12(13)18-14(20)17/h7-9H,2-6H2,1H3,(H2,17,18). The van der Waals surface area contributed by atoms with Gasteiger partial charge in [-0.15, -0.1) is 0 Å². The quantitative estimate of drug-likeness (QED) is 0.920. The molecule has 0 spiro atoms. The van der Waals surface area contributed by atoms with Crippen LogP contribution in [0.15, 0.2) is 12.1 Å². The number of benzene rings is 1. The zero-order chi connectivity index (χ0) is 14.3. The van der Waals surface area contributed by atoms with E-state index in [9.17, 15) is 0 Å². The van der Waals surface area contributed by atoms with Crippen LogP contribution in [0.2, 0.25) is 10.0 Å². The van der Waals surface area contributed by atoms with Gasteiger partial charge in [-0.25, -0.2) is 4.98 Å². The summed E-state index contributed by atoms with van der Waals surface area (Å²) in [4.78, 5) is 6.85. The summed E-state index contributed by atoms with van der Waals surface area (Å²) in [5.41, 5.74) is 7.77. The predicted molar refractivity (Wildman–Crippen MR) is 84.4 cm³/mol. The number of hydrogen-bond donors (Lipinski definition) is 1. The van der Waals surface area contributed by atoms with Gasteiger partial charge in [0.1, 0.15) is 0 Å². The molecule has 108 valence electrons. The van der Waals surface area contributed by atoms with Crippen molar-refractivity contribution in [3.8, 4) is 0 Å². The van der Waals surface area contributed by atoms with E-state index in [1.807, 2.05) is 10.6 Å². The lowest BCUT2D eigenvalue weighted by molar-refractivity contribution is 0.268.